The Morgan fingerprint density at radius 2 is 1.33 bits per heavy atom. The fraction of sp³-hybridized carbons (Fsp3) is 0.636. The summed E-state index contributed by atoms with van der Waals surface area (Å²) >= 11 is 3.27. The van der Waals surface area contributed by atoms with E-state index in [1.165, 1.54) is 0 Å². The average Bonchev–Trinajstić information content (AvgIpc) is 3.40. The quantitative estimate of drug-likeness (QED) is 0.619. The van der Waals surface area contributed by atoms with E-state index in [0.717, 1.165) is 40.7 Å². The number of thiazole rings is 2. The lowest BCUT2D eigenvalue weighted by atomic mass is 9.80. The maximum atomic E-state index is 12.7. The fourth-order valence-electron chi connectivity index (χ4n) is 3.65. The van der Waals surface area contributed by atoms with Crippen LogP contribution in [0.25, 0.3) is 0 Å². The Hall–Kier alpha value is -1.80. The molecule has 2 aromatic heterocycles. The van der Waals surface area contributed by atoms with Crippen LogP contribution in [0, 0.1) is 11.8 Å². The van der Waals surface area contributed by atoms with E-state index in [9.17, 15) is 9.59 Å². The van der Waals surface area contributed by atoms with Crippen LogP contribution in [0.3, 0.4) is 0 Å². The summed E-state index contributed by atoms with van der Waals surface area (Å²) in [6, 6.07) is 0. The minimum Gasteiger partial charge on any atom is -0.350 e. The Labute approximate surface area is 186 Å². The molecule has 1 fully saturated rings. The van der Waals surface area contributed by atoms with E-state index in [1.807, 2.05) is 10.8 Å². The van der Waals surface area contributed by atoms with Gasteiger partial charge in [-0.25, -0.2) is 9.97 Å². The minimum absolute atomic E-state index is 0.0349. The van der Waals surface area contributed by atoms with Gasteiger partial charge in [-0.3, -0.25) is 9.59 Å². The molecule has 2 atom stereocenters. The van der Waals surface area contributed by atoms with Gasteiger partial charge in [0.25, 0.3) is 0 Å². The van der Waals surface area contributed by atoms with Crippen LogP contribution >= 0.6 is 22.7 Å². The van der Waals surface area contributed by atoms with Gasteiger partial charge in [0.15, 0.2) is 0 Å². The average molecular weight is 449 g/mol. The lowest BCUT2D eigenvalue weighted by molar-refractivity contribution is -0.130. The third-order valence-electron chi connectivity index (χ3n) is 5.43. The highest BCUT2D eigenvalue weighted by molar-refractivity contribution is 7.10. The summed E-state index contributed by atoms with van der Waals surface area (Å²) < 4.78 is 0. The van der Waals surface area contributed by atoms with Crippen LogP contribution in [-0.4, -0.2) is 21.8 Å². The molecule has 0 bridgehead atoms. The smallest absolute Gasteiger partial charge is 0.223 e. The van der Waals surface area contributed by atoms with Gasteiger partial charge in [-0.05, 0) is 19.3 Å². The van der Waals surface area contributed by atoms with Crippen LogP contribution in [-0.2, 0) is 22.7 Å². The summed E-state index contributed by atoms with van der Waals surface area (Å²) in [5.41, 5.74) is 1.82. The number of aromatic nitrogens is 2. The molecule has 0 radical (unpaired) electrons. The first-order valence-electron chi connectivity index (χ1n) is 10.8. The van der Waals surface area contributed by atoms with Crippen molar-refractivity contribution < 1.29 is 9.59 Å². The molecule has 30 heavy (non-hydrogen) atoms. The molecule has 2 heterocycles. The van der Waals surface area contributed by atoms with Crippen molar-refractivity contribution in [2.75, 3.05) is 0 Å². The molecular weight excluding hydrogens is 416 g/mol. The van der Waals surface area contributed by atoms with Crippen LogP contribution < -0.4 is 10.6 Å². The third kappa shape index (κ3) is 6.11. The highest BCUT2D eigenvalue weighted by Gasteiger charge is 2.31. The summed E-state index contributed by atoms with van der Waals surface area (Å²) in [5.74, 6) is 0.658. The van der Waals surface area contributed by atoms with E-state index < -0.39 is 0 Å². The second kappa shape index (κ2) is 10.5. The standard InChI is InChI=1S/C22H32N4O2S2/c1-13(2)21-25-17(11-29-21)9-23-19(27)15-6-5-7-16(8-15)20(28)24-10-18-12-30-22(26-18)14(3)4/h11-16H,5-10H2,1-4H3,(H,23,27)(H,24,28). The summed E-state index contributed by atoms with van der Waals surface area (Å²) in [6.45, 7) is 9.38. The van der Waals surface area contributed by atoms with Crippen molar-refractivity contribution in [1.29, 1.82) is 0 Å². The van der Waals surface area contributed by atoms with Gasteiger partial charge in [-0.15, -0.1) is 22.7 Å². The molecule has 2 amide bonds. The lowest BCUT2D eigenvalue weighted by Crippen LogP contribution is -2.38. The van der Waals surface area contributed by atoms with Gasteiger partial charge in [-0.2, -0.15) is 0 Å². The number of hydrogen-bond acceptors (Lipinski definition) is 6. The molecular formula is C22H32N4O2S2. The predicted molar refractivity (Wildman–Crippen MR) is 122 cm³/mol. The van der Waals surface area contributed by atoms with Gasteiger partial charge in [0.1, 0.15) is 0 Å². The van der Waals surface area contributed by atoms with Crippen LogP contribution in [0.4, 0.5) is 0 Å². The Morgan fingerprint density at radius 3 is 1.70 bits per heavy atom. The number of carbonyl (C=O) groups is 2. The van der Waals surface area contributed by atoms with Crippen LogP contribution in [0.1, 0.15) is 86.6 Å². The van der Waals surface area contributed by atoms with Gasteiger partial charge >= 0.3 is 0 Å². The zero-order chi connectivity index (χ0) is 21.7. The number of nitrogens with zero attached hydrogens (tertiary/aromatic N) is 2. The molecule has 2 aromatic rings. The molecule has 0 aromatic carbocycles. The molecule has 3 rings (SSSR count). The normalized spacial score (nSPS) is 19.3. The van der Waals surface area contributed by atoms with Crippen LogP contribution in [0.2, 0.25) is 0 Å². The Kier molecular flexibility index (Phi) is 7.99. The van der Waals surface area contributed by atoms with Crippen LogP contribution in [0.15, 0.2) is 10.8 Å². The predicted octanol–water partition coefficient (Wildman–Crippen LogP) is 4.59. The molecule has 0 aliphatic heterocycles. The van der Waals surface area contributed by atoms with Crippen LogP contribution in [0.5, 0.6) is 0 Å². The van der Waals surface area contributed by atoms with E-state index in [0.29, 0.717) is 31.3 Å². The second-order valence-corrected chi connectivity index (χ2v) is 10.4. The summed E-state index contributed by atoms with van der Waals surface area (Å²) in [6.07, 6.45) is 3.19. The zero-order valence-corrected chi connectivity index (χ0v) is 19.9. The van der Waals surface area contributed by atoms with E-state index in [1.54, 1.807) is 22.7 Å². The maximum Gasteiger partial charge on any atom is 0.223 e. The largest absolute Gasteiger partial charge is 0.350 e. The first-order valence-corrected chi connectivity index (χ1v) is 12.5. The van der Waals surface area contributed by atoms with E-state index in [-0.39, 0.29) is 23.7 Å². The molecule has 1 aliphatic carbocycles. The van der Waals surface area contributed by atoms with E-state index >= 15 is 0 Å². The zero-order valence-electron chi connectivity index (χ0n) is 18.2. The SMILES string of the molecule is CC(C)c1nc(CNC(=O)C2CCCC(C(=O)NCc3csc(C(C)C)n3)C2)cs1. The summed E-state index contributed by atoms with van der Waals surface area (Å²) in [7, 11) is 0. The van der Waals surface area contributed by atoms with Gasteiger partial charge in [0, 0.05) is 34.4 Å². The molecule has 164 valence electrons. The molecule has 1 aliphatic rings. The maximum absolute atomic E-state index is 12.7. The summed E-state index contributed by atoms with van der Waals surface area (Å²) in [4.78, 5) is 34.4. The first-order chi connectivity index (χ1) is 14.3. The number of amides is 2. The number of hydrogen-bond donors (Lipinski definition) is 2. The van der Waals surface area contributed by atoms with Gasteiger partial charge in [-0.1, -0.05) is 34.1 Å². The topological polar surface area (TPSA) is 84.0 Å². The first kappa shape index (κ1) is 22.9. The number of rotatable bonds is 8. The number of nitrogens with one attached hydrogen (secondary N) is 2. The second-order valence-electron chi connectivity index (χ2n) is 8.66. The lowest BCUT2D eigenvalue weighted by Gasteiger charge is -2.27. The number of carbonyl (C=O) groups excluding carboxylic acids is 2. The Morgan fingerprint density at radius 1 is 0.900 bits per heavy atom. The highest BCUT2D eigenvalue weighted by Crippen LogP contribution is 2.30. The van der Waals surface area contributed by atoms with Crippen molar-refractivity contribution in [1.82, 2.24) is 20.6 Å². The molecule has 6 nitrogen and oxygen atoms in total. The van der Waals surface area contributed by atoms with E-state index in [4.69, 9.17) is 0 Å². The molecule has 0 spiro atoms. The Balaban J connectivity index is 1.46. The third-order valence-corrected chi connectivity index (χ3v) is 7.82. The van der Waals surface area contributed by atoms with Crippen molar-refractivity contribution in [3.63, 3.8) is 0 Å². The van der Waals surface area contributed by atoms with Crippen molar-refractivity contribution >= 4 is 34.5 Å². The molecule has 2 unspecified atom stereocenters. The minimum atomic E-state index is -0.107. The molecule has 1 saturated carbocycles. The van der Waals surface area contributed by atoms with E-state index in [2.05, 4.69) is 48.3 Å². The summed E-state index contributed by atoms with van der Waals surface area (Å²) in [5, 5.41) is 12.2. The van der Waals surface area contributed by atoms with Crippen molar-refractivity contribution in [3.8, 4) is 0 Å². The van der Waals surface area contributed by atoms with Gasteiger partial charge in [0.2, 0.25) is 11.8 Å². The van der Waals surface area contributed by atoms with Crippen molar-refractivity contribution in [2.24, 2.45) is 11.8 Å². The molecule has 0 saturated heterocycles. The molecule has 8 heteroatoms. The Bertz CT molecular complexity index is 791. The van der Waals surface area contributed by atoms with Gasteiger partial charge < -0.3 is 10.6 Å². The highest BCUT2D eigenvalue weighted by atomic mass is 32.1. The van der Waals surface area contributed by atoms with Crippen molar-refractivity contribution in [3.05, 3.63) is 32.2 Å². The van der Waals surface area contributed by atoms with Crippen molar-refractivity contribution in [2.45, 2.75) is 78.3 Å². The van der Waals surface area contributed by atoms with Gasteiger partial charge in [0.05, 0.1) is 34.5 Å². The molecule has 2 N–H and O–H groups in total. The monoisotopic (exact) mass is 448 g/mol. The fourth-order valence-corrected chi connectivity index (χ4v) is 5.32.